The number of imide groups is 1. The van der Waals surface area contributed by atoms with Crippen LogP contribution in [0.4, 0.5) is 10.1 Å². The average molecular weight is 343 g/mol. The molecule has 0 radical (unpaired) electrons. The minimum absolute atomic E-state index is 0.0527. The molecule has 0 aromatic heterocycles. The summed E-state index contributed by atoms with van der Waals surface area (Å²) in [7, 11) is 0. The molecule has 0 spiro atoms. The molecule has 106 valence electrons. The van der Waals surface area contributed by atoms with E-state index in [0.29, 0.717) is 15.7 Å². The lowest BCUT2D eigenvalue weighted by molar-refractivity contribution is -0.137. The molecule has 0 saturated heterocycles. The number of aliphatic hydroxyl groups excluding tert-OH is 1. The highest BCUT2D eigenvalue weighted by Gasteiger charge is 2.31. The van der Waals surface area contributed by atoms with E-state index in [9.17, 15) is 14.0 Å². The van der Waals surface area contributed by atoms with Gasteiger partial charge in [0, 0.05) is 10.5 Å². The molecule has 7 heteroatoms. The monoisotopic (exact) mass is 342 g/mol. The van der Waals surface area contributed by atoms with Gasteiger partial charge in [-0.15, -0.1) is 0 Å². The number of hydrogen-bond donors (Lipinski definition) is 2. The van der Waals surface area contributed by atoms with Crippen molar-refractivity contribution in [1.29, 1.82) is 0 Å². The van der Waals surface area contributed by atoms with Gasteiger partial charge in [-0.25, -0.2) is 4.39 Å². The molecule has 0 fully saturated rings. The molecule has 1 heterocycles. The predicted molar refractivity (Wildman–Crippen MR) is 74.3 cm³/mol. The van der Waals surface area contributed by atoms with Crippen molar-refractivity contribution in [1.82, 2.24) is 4.90 Å². The molecule has 0 atom stereocenters. The first kappa shape index (κ1) is 14.7. The fraction of sp³-hybridized carbons (Fsp3) is 0.231. The Hall–Kier alpha value is -1.73. The number of β-amino-alcohol motifs (C(OH)–C–C–N with tert-alkyl or cyclic N) is 1. The maximum absolute atomic E-state index is 13.2. The number of benzene rings is 1. The summed E-state index contributed by atoms with van der Waals surface area (Å²) in [6, 6.07) is 2.59. The number of carbonyl (C=O) groups is 2. The summed E-state index contributed by atoms with van der Waals surface area (Å²) in [6.45, 7) is 1.34. The summed E-state index contributed by atoms with van der Waals surface area (Å²) in [4.78, 5) is 24.5. The number of rotatable bonds is 4. The molecular weight excluding hydrogens is 331 g/mol. The lowest BCUT2D eigenvalue weighted by Crippen LogP contribution is -2.34. The summed E-state index contributed by atoms with van der Waals surface area (Å²) >= 11 is 3.21. The van der Waals surface area contributed by atoms with Crippen molar-refractivity contribution in [3.63, 3.8) is 0 Å². The Labute approximate surface area is 123 Å². The van der Waals surface area contributed by atoms with Crippen molar-refractivity contribution in [3.05, 3.63) is 39.8 Å². The van der Waals surface area contributed by atoms with Crippen LogP contribution in [-0.4, -0.2) is 35.0 Å². The van der Waals surface area contributed by atoms with Gasteiger partial charge in [0.05, 0.1) is 18.8 Å². The summed E-state index contributed by atoms with van der Waals surface area (Å²) in [5.41, 5.74) is 1.21. The number of aryl methyl sites for hydroxylation is 1. The third-order valence-corrected chi connectivity index (χ3v) is 3.47. The van der Waals surface area contributed by atoms with E-state index < -0.39 is 17.6 Å². The Morgan fingerprint density at radius 2 is 2.10 bits per heavy atom. The minimum Gasteiger partial charge on any atom is -0.395 e. The van der Waals surface area contributed by atoms with Crippen LogP contribution in [0.15, 0.2) is 28.4 Å². The molecule has 1 aliphatic heterocycles. The maximum Gasteiger partial charge on any atom is 0.277 e. The molecule has 2 rings (SSSR count). The largest absolute Gasteiger partial charge is 0.395 e. The fourth-order valence-corrected chi connectivity index (χ4v) is 2.54. The molecular formula is C13H12BrFN2O3. The first-order valence-corrected chi connectivity index (χ1v) is 6.64. The lowest BCUT2D eigenvalue weighted by Gasteiger charge is -2.15. The predicted octanol–water partition coefficient (Wildman–Crippen LogP) is 1.55. The summed E-state index contributed by atoms with van der Waals surface area (Å²) < 4.78 is 13.6. The number of halogens is 2. The number of amides is 2. The van der Waals surface area contributed by atoms with Gasteiger partial charge >= 0.3 is 0 Å². The van der Waals surface area contributed by atoms with Gasteiger partial charge in [0.2, 0.25) is 0 Å². The highest BCUT2D eigenvalue weighted by molar-refractivity contribution is 9.10. The Balaban J connectivity index is 2.26. The van der Waals surface area contributed by atoms with E-state index in [4.69, 9.17) is 5.11 Å². The number of nitrogens with one attached hydrogen (secondary N) is 1. The topological polar surface area (TPSA) is 69.6 Å². The van der Waals surface area contributed by atoms with Gasteiger partial charge in [0.15, 0.2) is 0 Å². The van der Waals surface area contributed by atoms with Crippen LogP contribution in [0.1, 0.15) is 5.56 Å². The SMILES string of the molecule is Cc1cc(F)cc(Br)c1NC1=CC(=O)N(CCO)C1=O. The van der Waals surface area contributed by atoms with E-state index in [1.807, 2.05) is 0 Å². The normalized spacial score (nSPS) is 14.8. The van der Waals surface area contributed by atoms with Gasteiger partial charge in [-0.3, -0.25) is 14.5 Å². The number of hydrogen-bond acceptors (Lipinski definition) is 4. The zero-order valence-electron chi connectivity index (χ0n) is 10.6. The number of aliphatic hydroxyl groups is 1. The van der Waals surface area contributed by atoms with Gasteiger partial charge in [0.1, 0.15) is 11.5 Å². The van der Waals surface area contributed by atoms with Crippen molar-refractivity contribution >= 4 is 33.4 Å². The van der Waals surface area contributed by atoms with Crippen LogP contribution in [-0.2, 0) is 9.59 Å². The summed E-state index contributed by atoms with van der Waals surface area (Å²) in [5, 5.41) is 11.6. The van der Waals surface area contributed by atoms with Crippen LogP contribution in [0.3, 0.4) is 0 Å². The van der Waals surface area contributed by atoms with E-state index in [1.54, 1.807) is 6.92 Å². The molecule has 0 unspecified atom stereocenters. The first-order valence-electron chi connectivity index (χ1n) is 5.85. The fourth-order valence-electron chi connectivity index (χ4n) is 1.91. The molecule has 0 saturated carbocycles. The third-order valence-electron chi connectivity index (χ3n) is 2.84. The van der Waals surface area contributed by atoms with E-state index in [-0.39, 0.29) is 18.8 Å². The lowest BCUT2D eigenvalue weighted by atomic mass is 10.2. The van der Waals surface area contributed by atoms with Crippen molar-refractivity contribution < 1.29 is 19.1 Å². The van der Waals surface area contributed by atoms with Crippen LogP contribution in [0.5, 0.6) is 0 Å². The average Bonchev–Trinajstić information content (AvgIpc) is 2.62. The van der Waals surface area contributed by atoms with Crippen molar-refractivity contribution in [2.75, 3.05) is 18.5 Å². The van der Waals surface area contributed by atoms with Gasteiger partial charge < -0.3 is 10.4 Å². The summed E-state index contributed by atoms with van der Waals surface area (Å²) in [6.07, 6.45) is 1.16. The molecule has 1 aromatic rings. The highest BCUT2D eigenvalue weighted by atomic mass is 79.9. The van der Waals surface area contributed by atoms with E-state index in [0.717, 1.165) is 11.0 Å². The standard InChI is InChI=1S/C13H12BrFN2O3/c1-7-4-8(15)5-9(14)12(7)16-10-6-11(19)17(2-3-18)13(10)20/h4-6,16,18H,2-3H2,1H3. The van der Waals surface area contributed by atoms with Crippen molar-refractivity contribution in [3.8, 4) is 0 Å². The quantitative estimate of drug-likeness (QED) is 0.814. The van der Waals surface area contributed by atoms with Gasteiger partial charge in [-0.1, -0.05) is 0 Å². The highest BCUT2D eigenvalue weighted by Crippen LogP contribution is 2.29. The first-order chi connectivity index (χ1) is 9.43. The molecule has 2 amide bonds. The van der Waals surface area contributed by atoms with Gasteiger partial charge in [-0.2, -0.15) is 0 Å². The second-order valence-electron chi connectivity index (χ2n) is 4.28. The van der Waals surface area contributed by atoms with Crippen molar-refractivity contribution in [2.24, 2.45) is 0 Å². The molecule has 0 aliphatic carbocycles. The van der Waals surface area contributed by atoms with Crippen LogP contribution >= 0.6 is 15.9 Å². The van der Waals surface area contributed by atoms with Gasteiger partial charge in [-0.05, 0) is 40.5 Å². The Morgan fingerprint density at radius 3 is 2.70 bits per heavy atom. The molecule has 20 heavy (non-hydrogen) atoms. The van der Waals surface area contributed by atoms with Crippen LogP contribution in [0.25, 0.3) is 0 Å². The van der Waals surface area contributed by atoms with Crippen molar-refractivity contribution in [2.45, 2.75) is 6.92 Å². The number of carbonyl (C=O) groups excluding carboxylic acids is 2. The second kappa shape index (κ2) is 5.72. The Bertz CT molecular complexity index is 593. The maximum atomic E-state index is 13.2. The van der Waals surface area contributed by atoms with Crippen LogP contribution in [0.2, 0.25) is 0 Å². The zero-order valence-corrected chi connectivity index (χ0v) is 12.2. The minimum atomic E-state index is -0.514. The molecule has 2 N–H and O–H groups in total. The van der Waals surface area contributed by atoms with E-state index in [2.05, 4.69) is 21.2 Å². The van der Waals surface area contributed by atoms with Crippen LogP contribution < -0.4 is 5.32 Å². The molecule has 1 aromatic carbocycles. The van der Waals surface area contributed by atoms with E-state index >= 15 is 0 Å². The zero-order chi connectivity index (χ0) is 14.9. The Kier molecular flexibility index (Phi) is 4.20. The van der Waals surface area contributed by atoms with E-state index in [1.165, 1.54) is 12.1 Å². The number of nitrogens with zero attached hydrogens (tertiary/aromatic N) is 1. The van der Waals surface area contributed by atoms with Gasteiger partial charge in [0.25, 0.3) is 11.8 Å². The smallest absolute Gasteiger partial charge is 0.277 e. The second-order valence-corrected chi connectivity index (χ2v) is 5.14. The van der Waals surface area contributed by atoms with Crippen LogP contribution in [0, 0.1) is 12.7 Å². The third kappa shape index (κ3) is 2.73. The molecule has 1 aliphatic rings. The molecule has 5 nitrogen and oxygen atoms in total. The summed E-state index contributed by atoms with van der Waals surface area (Å²) in [5.74, 6) is -1.40. The number of anilines is 1. The Morgan fingerprint density at radius 1 is 1.40 bits per heavy atom. The molecule has 0 bridgehead atoms.